The summed E-state index contributed by atoms with van der Waals surface area (Å²) < 4.78 is 0. The number of nitrogens with one attached hydrogen (secondary N) is 1. The molecule has 2 rings (SSSR count). The summed E-state index contributed by atoms with van der Waals surface area (Å²) in [5, 5.41) is 3.26. The topological polar surface area (TPSA) is 32.3 Å². The van der Waals surface area contributed by atoms with E-state index in [9.17, 15) is 4.79 Å². The van der Waals surface area contributed by atoms with Gasteiger partial charge < -0.3 is 10.2 Å². The van der Waals surface area contributed by atoms with Crippen LogP contribution in [0.1, 0.15) is 33.3 Å². The summed E-state index contributed by atoms with van der Waals surface area (Å²) in [4.78, 5) is 14.9. The van der Waals surface area contributed by atoms with Crippen molar-refractivity contribution >= 4 is 5.91 Å². The monoisotopic (exact) mass is 288 g/mol. The molecule has 1 N–H and O–H groups in total. The molecular formula is C18H28N2O. The Kier molecular flexibility index (Phi) is 5.04. The molecule has 1 unspecified atom stereocenters. The summed E-state index contributed by atoms with van der Waals surface area (Å²) in [5.41, 5.74) is 1.32. The molecule has 1 amide bonds. The first-order valence-electron chi connectivity index (χ1n) is 7.90. The number of amides is 1. The molecular weight excluding hydrogens is 260 g/mol. The third-order valence-electron chi connectivity index (χ3n) is 4.10. The standard InChI is InChI=1S/C18H28N2O/c1-14(16-10-19-11-16)17(21)20(13-18(2,3)4)12-15-8-6-5-7-9-15/h5-9,14,16,19H,10-13H2,1-4H3. The number of hydrogen-bond donors (Lipinski definition) is 1. The number of hydrogen-bond acceptors (Lipinski definition) is 2. The molecule has 1 aliphatic rings. The van der Waals surface area contributed by atoms with Gasteiger partial charge in [-0.2, -0.15) is 0 Å². The van der Waals surface area contributed by atoms with Gasteiger partial charge in [-0.05, 0) is 30.0 Å². The first kappa shape index (κ1) is 16.0. The Balaban J connectivity index is 2.09. The van der Waals surface area contributed by atoms with E-state index in [2.05, 4.69) is 45.1 Å². The van der Waals surface area contributed by atoms with Crippen molar-refractivity contribution in [3.8, 4) is 0 Å². The normalized spacial score (nSPS) is 17.1. The van der Waals surface area contributed by atoms with E-state index in [1.165, 1.54) is 5.56 Å². The van der Waals surface area contributed by atoms with Crippen LogP contribution >= 0.6 is 0 Å². The van der Waals surface area contributed by atoms with Crippen LogP contribution in [0.3, 0.4) is 0 Å². The van der Waals surface area contributed by atoms with Gasteiger partial charge in [-0.1, -0.05) is 58.0 Å². The van der Waals surface area contributed by atoms with Gasteiger partial charge in [0.25, 0.3) is 0 Å². The van der Waals surface area contributed by atoms with Gasteiger partial charge >= 0.3 is 0 Å². The fourth-order valence-electron chi connectivity index (χ4n) is 2.74. The highest BCUT2D eigenvalue weighted by molar-refractivity contribution is 5.79. The van der Waals surface area contributed by atoms with Crippen LogP contribution in [0.5, 0.6) is 0 Å². The minimum absolute atomic E-state index is 0.109. The quantitative estimate of drug-likeness (QED) is 0.903. The Labute approximate surface area is 128 Å². The predicted octanol–water partition coefficient (Wildman–Crippen LogP) is 2.92. The van der Waals surface area contributed by atoms with Gasteiger partial charge in [0.15, 0.2) is 0 Å². The summed E-state index contributed by atoms with van der Waals surface area (Å²) >= 11 is 0. The van der Waals surface area contributed by atoms with Crippen LogP contribution in [-0.2, 0) is 11.3 Å². The second-order valence-electron chi connectivity index (χ2n) is 7.45. The summed E-state index contributed by atoms with van der Waals surface area (Å²) in [7, 11) is 0. The molecule has 1 aromatic rings. The van der Waals surface area contributed by atoms with Crippen LogP contribution in [0.15, 0.2) is 30.3 Å². The molecule has 116 valence electrons. The Morgan fingerprint density at radius 1 is 1.29 bits per heavy atom. The van der Waals surface area contributed by atoms with Gasteiger partial charge in [-0.3, -0.25) is 4.79 Å². The highest BCUT2D eigenvalue weighted by Gasteiger charge is 2.32. The number of nitrogens with zero attached hydrogens (tertiary/aromatic N) is 1. The Bertz CT molecular complexity index is 460. The summed E-state index contributed by atoms with van der Waals surface area (Å²) in [5.74, 6) is 0.897. The molecule has 3 heteroatoms. The largest absolute Gasteiger partial charge is 0.338 e. The van der Waals surface area contributed by atoms with Crippen molar-refractivity contribution in [2.75, 3.05) is 19.6 Å². The molecule has 0 aliphatic carbocycles. The number of benzene rings is 1. The molecule has 1 aromatic carbocycles. The smallest absolute Gasteiger partial charge is 0.226 e. The first-order valence-corrected chi connectivity index (χ1v) is 7.90. The van der Waals surface area contributed by atoms with Gasteiger partial charge in [0.05, 0.1) is 0 Å². The molecule has 0 spiro atoms. The Morgan fingerprint density at radius 3 is 2.38 bits per heavy atom. The van der Waals surface area contributed by atoms with Gasteiger partial charge in [0.1, 0.15) is 0 Å². The van der Waals surface area contributed by atoms with Gasteiger partial charge in [-0.25, -0.2) is 0 Å². The van der Waals surface area contributed by atoms with Crippen molar-refractivity contribution in [2.45, 2.75) is 34.2 Å². The third kappa shape index (κ3) is 4.57. The minimum atomic E-state index is 0.109. The van der Waals surface area contributed by atoms with Crippen molar-refractivity contribution in [2.24, 2.45) is 17.3 Å². The highest BCUT2D eigenvalue weighted by atomic mass is 16.2. The van der Waals surface area contributed by atoms with Crippen LogP contribution in [-0.4, -0.2) is 30.4 Å². The predicted molar refractivity (Wildman–Crippen MR) is 86.8 cm³/mol. The highest BCUT2D eigenvalue weighted by Crippen LogP contribution is 2.23. The van der Waals surface area contributed by atoms with Crippen molar-refractivity contribution in [1.82, 2.24) is 10.2 Å². The van der Waals surface area contributed by atoms with Gasteiger partial charge in [-0.15, -0.1) is 0 Å². The fourth-order valence-corrected chi connectivity index (χ4v) is 2.74. The summed E-state index contributed by atoms with van der Waals surface area (Å²) in [6.45, 7) is 12.1. The van der Waals surface area contributed by atoms with Crippen molar-refractivity contribution < 1.29 is 4.79 Å². The van der Waals surface area contributed by atoms with E-state index in [-0.39, 0.29) is 11.3 Å². The molecule has 1 heterocycles. The number of carbonyl (C=O) groups excluding carboxylic acids is 1. The van der Waals surface area contributed by atoms with Crippen molar-refractivity contribution in [1.29, 1.82) is 0 Å². The lowest BCUT2D eigenvalue weighted by atomic mass is 9.87. The molecule has 0 radical (unpaired) electrons. The van der Waals surface area contributed by atoms with Crippen LogP contribution < -0.4 is 5.32 Å². The maximum absolute atomic E-state index is 12.9. The molecule has 3 nitrogen and oxygen atoms in total. The fraction of sp³-hybridized carbons (Fsp3) is 0.611. The van der Waals surface area contributed by atoms with Crippen molar-refractivity contribution in [3.63, 3.8) is 0 Å². The van der Waals surface area contributed by atoms with E-state index < -0.39 is 0 Å². The van der Waals surface area contributed by atoms with E-state index in [4.69, 9.17) is 0 Å². The number of carbonyl (C=O) groups is 1. The average molecular weight is 288 g/mol. The SMILES string of the molecule is CC(C(=O)N(Cc1ccccc1)CC(C)(C)C)C1CNC1. The maximum atomic E-state index is 12.9. The maximum Gasteiger partial charge on any atom is 0.226 e. The van der Waals surface area contributed by atoms with E-state index in [1.54, 1.807) is 0 Å². The van der Waals surface area contributed by atoms with Crippen LogP contribution in [0.25, 0.3) is 0 Å². The summed E-state index contributed by atoms with van der Waals surface area (Å²) in [6, 6.07) is 10.3. The van der Waals surface area contributed by atoms with Gasteiger partial charge in [0.2, 0.25) is 5.91 Å². The molecule has 1 atom stereocenters. The average Bonchev–Trinajstić information content (AvgIpc) is 2.34. The van der Waals surface area contributed by atoms with Crippen LogP contribution in [0, 0.1) is 17.3 Å². The van der Waals surface area contributed by atoms with E-state index >= 15 is 0 Å². The zero-order valence-corrected chi connectivity index (χ0v) is 13.7. The molecule has 21 heavy (non-hydrogen) atoms. The van der Waals surface area contributed by atoms with Crippen LogP contribution in [0.4, 0.5) is 0 Å². The zero-order valence-electron chi connectivity index (χ0n) is 13.7. The minimum Gasteiger partial charge on any atom is -0.338 e. The molecule has 0 bridgehead atoms. The second-order valence-corrected chi connectivity index (χ2v) is 7.45. The Hall–Kier alpha value is -1.35. The molecule has 1 saturated heterocycles. The lowest BCUT2D eigenvalue weighted by molar-refractivity contribution is -0.139. The zero-order chi connectivity index (χ0) is 15.5. The lowest BCUT2D eigenvalue weighted by Gasteiger charge is -2.37. The number of rotatable bonds is 5. The molecule has 1 fully saturated rings. The van der Waals surface area contributed by atoms with Crippen molar-refractivity contribution in [3.05, 3.63) is 35.9 Å². The summed E-state index contributed by atoms with van der Waals surface area (Å²) in [6.07, 6.45) is 0. The Morgan fingerprint density at radius 2 is 1.90 bits per heavy atom. The van der Waals surface area contributed by atoms with Crippen LogP contribution in [0.2, 0.25) is 0 Å². The van der Waals surface area contributed by atoms with E-state index in [0.717, 1.165) is 19.6 Å². The lowest BCUT2D eigenvalue weighted by Crippen LogP contribution is -2.51. The third-order valence-corrected chi connectivity index (χ3v) is 4.10. The second kappa shape index (κ2) is 6.61. The molecule has 1 aliphatic heterocycles. The first-order chi connectivity index (χ1) is 9.87. The molecule has 0 saturated carbocycles. The molecule has 0 aromatic heterocycles. The van der Waals surface area contributed by atoms with E-state index in [0.29, 0.717) is 18.4 Å². The van der Waals surface area contributed by atoms with E-state index in [1.807, 2.05) is 23.1 Å². The van der Waals surface area contributed by atoms with Gasteiger partial charge in [0, 0.05) is 19.0 Å².